The Kier molecular flexibility index (Phi) is 7.73. The third kappa shape index (κ3) is 5.71. The van der Waals surface area contributed by atoms with E-state index in [2.05, 4.69) is 21.5 Å². The summed E-state index contributed by atoms with van der Waals surface area (Å²) in [7, 11) is 1.82. The van der Waals surface area contributed by atoms with E-state index in [1.807, 2.05) is 55.7 Å². The second-order valence-electron chi connectivity index (χ2n) is 8.76. The first-order valence-corrected chi connectivity index (χ1v) is 11.7. The van der Waals surface area contributed by atoms with Crippen LogP contribution >= 0.6 is 0 Å². The second-order valence-corrected chi connectivity index (χ2v) is 8.76. The molecule has 1 aromatic heterocycles. The number of benzene rings is 2. The quantitative estimate of drug-likeness (QED) is 0.461. The molecule has 6 nitrogen and oxygen atoms in total. The topological polar surface area (TPSA) is 73.1 Å². The van der Waals surface area contributed by atoms with Gasteiger partial charge in [0.05, 0.1) is 12.5 Å². The molecule has 7 heteroatoms. The number of nitrogens with zero attached hydrogens (tertiary/aromatic N) is 3. The maximum atomic E-state index is 13.1. The number of hydrazine groups is 1. The SMILES string of the molecule is CN(CCCC1CC(c2ccc(F)cc2)NN1)C(=O)/C=C/c1cn(CCC#N)c2ccccc12. The maximum absolute atomic E-state index is 13.1. The van der Waals surface area contributed by atoms with Crippen LogP contribution in [-0.2, 0) is 11.3 Å². The number of amides is 1. The monoisotopic (exact) mass is 459 g/mol. The smallest absolute Gasteiger partial charge is 0.246 e. The molecule has 4 rings (SSSR count). The molecule has 0 spiro atoms. The molecule has 34 heavy (non-hydrogen) atoms. The average Bonchev–Trinajstić information content (AvgIpc) is 3.46. The number of hydrogen-bond acceptors (Lipinski definition) is 4. The number of halogens is 1. The highest BCUT2D eigenvalue weighted by Crippen LogP contribution is 2.25. The minimum atomic E-state index is -0.224. The van der Waals surface area contributed by atoms with Gasteiger partial charge in [-0.25, -0.2) is 4.39 Å². The number of likely N-dealkylation sites (N-methyl/N-ethyl adjacent to an activating group) is 1. The zero-order valence-electron chi connectivity index (χ0n) is 19.4. The molecule has 3 aromatic rings. The van der Waals surface area contributed by atoms with Crippen molar-refractivity contribution in [3.8, 4) is 6.07 Å². The third-order valence-electron chi connectivity index (χ3n) is 6.37. The van der Waals surface area contributed by atoms with E-state index in [0.717, 1.165) is 41.3 Å². The summed E-state index contributed by atoms with van der Waals surface area (Å²) in [5, 5.41) is 9.98. The van der Waals surface area contributed by atoms with Crippen LogP contribution in [0, 0.1) is 17.1 Å². The summed E-state index contributed by atoms with van der Waals surface area (Å²) in [5.41, 5.74) is 9.72. The molecular formula is C27H30FN5O. The van der Waals surface area contributed by atoms with Crippen molar-refractivity contribution in [2.45, 2.75) is 44.3 Å². The summed E-state index contributed by atoms with van der Waals surface area (Å²) in [6, 6.07) is 17.3. The van der Waals surface area contributed by atoms with Gasteiger partial charge in [0.25, 0.3) is 0 Å². The molecule has 0 saturated carbocycles. The molecular weight excluding hydrogens is 429 g/mol. The Morgan fingerprint density at radius 1 is 1.24 bits per heavy atom. The highest BCUT2D eigenvalue weighted by Gasteiger charge is 2.24. The van der Waals surface area contributed by atoms with Gasteiger partial charge in [-0.15, -0.1) is 0 Å². The predicted octanol–water partition coefficient (Wildman–Crippen LogP) is 4.55. The van der Waals surface area contributed by atoms with Gasteiger partial charge < -0.3 is 9.47 Å². The number of aromatic nitrogens is 1. The number of para-hydroxylation sites is 1. The summed E-state index contributed by atoms with van der Waals surface area (Å²) < 4.78 is 15.2. The van der Waals surface area contributed by atoms with E-state index >= 15 is 0 Å². The number of carbonyl (C=O) groups is 1. The van der Waals surface area contributed by atoms with Gasteiger partial charge in [0.2, 0.25) is 5.91 Å². The predicted molar refractivity (Wildman–Crippen MR) is 132 cm³/mol. The average molecular weight is 460 g/mol. The fourth-order valence-corrected chi connectivity index (χ4v) is 4.46. The summed E-state index contributed by atoms with van der Waals surface area (Å²) in [5.74, 6) is -0.256. The standard InChI is InChI=1S/C27H30FN5O/c1-32(16-4-6-23-18-25(31-30-23)20-9-12-22(28)13-10-20)27(34)14-11-21-19-33(17-5-15-29)26-8-3-2-7-24(21)26/h2-3,7-14,19,23,25,30-31H,4-6,16-18H2,1H3/b14-11+. The molecule has 0 radical (unpaired) electrons. The van der Waals surface area contributed by atoms with E-state index in [0.29, 0.717) is 25.6 Å². The van der Waals surface area contributed by atoms with E-state index < -0.39 is 0 Å². The number of fused-ring (bicyclic) bond motifs is 1. The Morgan fingerprint density at radius 2 is 2.03 bits per heavy atom. The van der Waals surface area contributed by atoms with Gasteiger partial charge in [-0.05, 0) is 49.1 Å². The highest BCUT2D eigenvalue weighted by atomic mass is 19.1. The van der Waals surface area contributed by atoms with Gasteiger partial charge in [-0.1, -0.05) is 30.3 Å². The van der Waals surface area contributed by atoms with Crippen molar-refractivity contribution in [3.63, 3.8) is 0 Å². The van der Waals surface area contributed by atoms with Crippen molar-refractivity contribution in [2.75, 3.05) is 13.6 Å². The summed E-state index contributed by atoms with van der Waals surface area (Å²) in [6.45, 7) is 1.30. The Labute approximate surface area is 199 Å². The van der Waals surface area contributed by atoms with Crippen LogP contribution in [0.25, 0.3) is 17.0 Å². The number of carbonyl (C=O) groups excluding carboxylic acids is 1. The van der Waals surface area contributed by atoms with Gasteiger partial charge in [-0.2, -0.15) is 5.26 Å². The Morgan fingerprint density at radius 3 is 2.82 bits per heavy atom. The van der Waals surface area contributed by atoms with Gasteiger partial charge >= 0.3 is 0 Å². The minimum Gasteiger partial charge on any atom is -0.346 e. The molecule has 2 unspecified atom stereocenters. The van der Waals surface area contributed by atoms with Crippen LogP contribution in [-0.4, -0.2) is 35.0 Å². The van der Waals surface area contributed by atoms with Crippen molar-refractivity contribution in [2.24, 2.45) is 0 Å². The third-order valence-corrected chi connectivity index (χ3v) is 6.37. The molecule has 1 amide bonds. The van der Waals surface area contributed by atoms with Gasteiger partial charge in [0, 0.05) is 61.0 Å². The molecule has 2 atom stereocenters. The molecule has 1 fully saturated rings. The van der Waals surface area contributed by atoms with E-state index in [4.69, 9.17) is 5.26 Å². The first-order chi connectivity index (χ1) is 16.5. The first kappa shape index (κ1) is 23.7. The molecule has 1 aliphatic rings. The maximum Gasteiger partial charge on any atom is 0.246 e. The zero-order valence-corrected chi connectivity index (χ0v) is 19.4. The normalized spacial score (nSPS) is 17.9. The van der Waals surface area contributed by atoms with E-state index in [-0.39, 0.29) is 17.8 Å². The molecule has 176 valence electrons. The number of aryl methyl sites for hydroxylation is 1. The molecule has 1 saturated heterocycles. The van der Waals surface area contributed by atoms with Crippen LogP contribution in [0.4, 0.5) is 4.39 Å². The van der Waals surface area contributed by atoms with Crippen LogP contribution in [0.2, 0.25) is 0 Å². The van der Waals surface area contributed by atoms with E-state index in [1.54, 1.807) is 11.0 Å². The molecule has 1 aliphatic heterocycles. The van der Waals surface area contributed by atoms with Crippen molar-refractivity contribution in [1.29, 1.82) is 5.26 Å². The summed E-state index contributed by atoms with van der Waals surface area (Å²) in [4.78, 5) is 14.4. The second kappa shape index (κ2) is 11.1. The van der Waals surface area contributed by atoms with E-state index in [9.17, 15) is 9.18 Å². The molecule has 0 bridgehead atoms. The van der Waals surface area contributed by atoms with Gasteiger partial charge in [-0.3, -0.25) is 15.6 Å². The lowest BCUT2D eigenvalue weighted by Crippen LogP contribution is -2.32. The van der Waals surface area contributed by atoms with Gasteiger partial charge in [0.15, 0.2) is 0 Å². The molecule has 2 N–H and O–H groups in total. The van der Waals surface area contributed by atoms with Crippen molar-refractivity contribution < 1.29 is 9.18 Å². The van der Waals surface area contributed by atoms with Crippen LogP contribution in [0.3, 0.4) is 0 Å². The number of rotatable bonds is 9. The number of nitriles is 1. The fourth-order valence-electron chi connectivity index (χ4n) is 4.46. The summed E-state index contributed by atoms with van der Waals surface area (Å²) in [6.07, 6.45) is 8.69. The Bertz CT molecular complexity index is 1190. The number of nitrogens with one attached hydrogen (secondary N) is 2. The van der Waals surface area contributed by atoms with Crippen LogP contribution in [0.15, 0.2) is 60.8 Å². The first-order valence-electron chi connectivity index (χ1n) is 11.7. The lowest BCUT2D eigenvalue weighted by Gasteiger charge is -2.16. The van der Waals surface area contributed by atoms with Crippen LogP contribution in [0.1, 0.15) is 42.9 Å². The minimum absolute atomic E-state index is 0.0319. The van der Waals surface area contributed by atoms with Crippen molar-refractivity contribution in [1.82, 2.24) is 20.3 Å². The van der Waals surface area contributed by atoms with Crippen LogP contribution < -0.4 is 10.9 Å². The van der Waals surface area contributed by atoms with Crippen molar-refractivity contribution >= 4 is 22.9 Å². The number of hydrogen-bond donors (Lipinski definition) is 2. The Hall–Kier alpha value is -3.47. The lowest BCUT2D eigenvalue weighted by atomic mass is 9.99. The zero-order chi connectivity index (χ0) is 23.9. The van der Waals surface area contributed by atoms with Crippen molar-refractivity contribution in [3.05, 3.63) is 77.7 Å². The van der Waals surface area contributed by atoms with Gasteiger partial charge in [0.1, 0.15) is 5.82 Å². The molecule has 2 heterocycles. The lowest BCUT2D eigenvalue weighted by molar-refractivity contribution is -0.124. The Balaban J connectivity index is 1.27. The highest BCUT2D eigenvalue weighted by molar-refractivity contribution is 5.96. The largest absolute Gasteiger partial charge is 0.346 e. The summed E-state index contributed by atoms with van der Waals surface area (Å²) >= 11 is 0. The molecule has 0 aliphatic carbocycles. The fraction of sp³-hybridized carbons (Fsp3) is 0.333. The molecule has 2 aromatic carbocycles. The van der Waals surface area contributed by atoms with Crippen LogP contribution in [0.5, 0.6) is 0 Å². The van der Waals surface area contributed by atoms with E-state index in [1.165, 1.54) is 12.1 Å².